The Morgan fingerprint density at radius 3 is 2.56 bits per heavy atom. The summed E-state index contributed by atoms with van der Waals surface area (Å²) in [6.45, 7) is 1.36. The van der Waals surface area contributed by atoms with Gasteiger partial charge in [0.2, 0.25) is 11.6 Å². The van der Waals surface area contributed by atoms with Crippen molar-refractivity contribution < 1.29 is 4.79 Å². The van der Waals surface area contributed by atoms with E-state index in [1.807, 2.05) is 0 Å². The number of halogens is 1. The molecular weight excluding hydrogens is 254 g/mol. The van der Waals surface area contributed by atoms with Gasteiger partial charge in [0.25, 0.3) is 0 Å². The van der Waals surface area contributed by atoms with Gasteiger partial charge in [0.15, 0.2) is 0 Å². The zero-order valence-corrected chi connectivity index (χ0v) is 10.1. The van der Waals surface area contributed by atoms with E-state index in [2.05, 4.69) is 15.8 Å². The maximum Gasteiger partial charge on any atom is 0.237 e. The summed E-state index contributed by atoms with van der Waals surface area (Å²) in [5, 5.41) is 23.6. The topological polar surface area (TPSA) is 101 Å². The number of carbonyl (C=O) groups is 1. The first-order valence-electron chi connectivity index (χ1n) is 4.78. The maximum atomic E-state index is 11.0. The molecule has 1 rings (SSSR count). The average Bonchev–Trinajstić information content (AvgIpc) is 2.33. The van der Waals surface area contributed by atoms with Crippen LogP contribution in [0.3, 0.4) is 0 Å². The van der Waals surface area contributed by atoms with Crippen molar-refractivity contribution in [2.24, 2.45) is 5.10 Å². The molecule has 1 aromatic carbocycles. The number of amides is 1. The Balaban J connectivity index is 3.04. The van der Waals surface area contributed by atoms with Crippen LogP contribution in [0.2, 0.25) is 5.02 Å². The Hall–Kier alpha value is -2.57. The molecule has 6 nitrogen and oxygen atoms in total. The highest BCUT2D eigenvalue weighted by Crippen LogP contribution is 2.25. The normalized spacial score (nSPS) is 8.67. The van der Waals surface area contributed by atoms with Crippen LogP contribution in [-0.4, -0.2) is 11.6 Å². The Bertz CT molecular complexity index is 566. The molecule has 7 heteroatoms. The molecule has 0 aliphatic heterocycles. The summed E-state index contributed by atoms with van der Waals surface area (Å²) < 4.78 is 0. The lowest BCUT2D eigenvalue weighted by atomic mass is 10.2. The highest BCUT2D eigenvalue weighted by molar-refractivity contribution is 6.31. The van der Waals surface area contributed by atoms with Crippen molar-refractivity contribution in [2.75, 3.05) is 10.7 Å². The summed E-state index contributed by atoms with van der Waals surface area (Å²) in [5.74, 6) is -0.259. The van der Waals surface area contributed by atoms with Crippen LogP contribution in [0.25, 0.3) is 0 Å². The third-order valence-corrected chi connectivity index (χ3v) is 2.03. The standard InChI is InChI=1S/C11H8ClN5O/c1-7(18)15-10-3-2-8(12)4-11(10)17-16-9(5-13)6-14/h2-4,17H,1H3,(H,15,18). The lowest BCUT2D eigenvalue weighted by Crippen LogP contribution is -2.08. The van der Waals surface area contributed by atoms with E-state index in [4.69, 9.17) is 22.1 Å². The molecule has 0 aliphatic carbocycles. The van der Waals surface area contributed by atoms with Gasteiger partial charge in [-0.1, -0.05) is 11.6 Å². The van der Waals surface area contributed by atoms with Crippen LogP contribution in [0.15, 0.2) is 23.3 Å². The molecule has 0 heterocycles. The first-order valence-corrected chi connectivity index (χ1v) is 5.15. The van der Waals surface area contributed by atoms with E-state index in [0.29, 0.717) is 16.4 Å². The molecule has 0 radical (unpaired) electrons. The van der Waals surface area contributed by atoms with Crippen molar-refractivity contribution in [1.29, 1.82) is 10.5 Å². The van der Waals surface area contributed by atoms with Gasteiger partial charge < -0.3 is 5.32 Å². The molecule has 0 atom stereocenters. The number of nitrogens with one attached hydrogen (secondary N) is 2. The van der Waals surface area contributed by atoms with Crippen LogP contribution in [0.5, 0.6) is 0 Å². The van der Waals surface area contributed by atoms with Crippen molar-refractivity contribution in [3.8, 4) is 12.1 Å². The zero-order valence-electron chi connectivity index (χ0n) is 9.36. The predicted molar refractivity (Wildman–Crippen MR) is 68.0 cm³/mol. The fraction of sp³-hybridized carbons (Fsp3) is 0.0909. The summed E-state index contributed by atoms with van der Waals surface area (Å²) in [7, 11) is 0. The minimum Gasteiger partial charge on any atom is -0.324 e. The molecule has 0 saturated heterocycles. The fourth-order valence-electron chi connectivity index (χ4n) is 1.10. The number of hydrogen-bond acceptors (Lipinski definition) is 5. The number of anilines is 2. The van der Waals surface area contributed by atoms with Gasteiger partial charge in [0.05, 0.1) is 11.4 Å². The SMILES string of the molecule is CC(=O)Nc1ccc(Cl)cc1NN=C(C#N)C#N. The van der Waals surface area contributed by atoms with Crippen LogP contribution in [0, 0.1) is 22.7 Å². The monoisotopic (exact) mass is 261 g/mol. The van der Waals surface area contributed by atoms with E-state index in [9.17, 15) is 4.79 Å². The van der Waals surface area contributed by atoms with Gasteiger partial charge >= 0.3 is 0 Å². The first-order chi connectivity index (χ1) is 8.56. The zero-order chi connectivity index (χ0) is 13.5. The highest BCUT2D eigenvalue weighted by atomic mass is 35.5. The van der Waals surface area contributed by atoms with Crippen molar-refractivity contribution in [2.45, 2.75) is 6.92 Å². The second-order valence-corrected chi connectivity index (χ2v) is 3.60. The minimum atomic E-state index is -0.330. The molecule has 0 saturated carbocycles. The number of benzene rings is 1. The second-order valence-electron chi connectivity index (χ2n) is 3.17. The molecule has 2 N–H and O–H groups in total. The molecular formula is C11H8ClN5O. The number of rotatable bonds is 3. The van der Waals surface area contributed by atoms with Crippen LogP contribution in [-0.2, 0) is 4.79 Å². The summed E-state index contributed by atoms with van der Waals surface area (Å²) in [6, 6.07) is 7.90. The molecule has 90 valence electrons. The highest BCUT2D eigenvalue weighted by Gasteiger charge is 2.05. The molecule has 18 heavy (non-hydrogen) atoms. The fourth-order valence-corrected chi connectivity index (χ4v) is 1.27. The summed E-state index contributed by atoms with van der Waals surface area (Å²) in [4.78, 5) is 11.0. The number of carbonyl (C=O) groups excluding carboxylic acids is 1. The van der Waals surface area contributed by atoms with Crippen molar-refractivity contribution in [3.63, 3.8) is 0 Å². The molecule has 0 spiro atoms. The largest absolute Gasteiger partial charge is 0.324 e. The summed E-state index contributed by atoms with van der Waals surface area (Å²) >= 11 is 5.81. The van der Waals surface area contributed by atoms with E-state index in [1.165, 1.54) is 13.0 Å². The van der Waals surface area contributed by atoms with Gasteiger partial charge in [-0.2, -0.15) is 15.6 Å². The smallest absolute Gasteiger partial charge is 0.237 e. The van der Waals surface area contributed by atoms with Crippen LogP contribution < -0.4 is 10.7 Å². The van der Waals surface area contributed by atoms with E-state index in [-0.39, 0.29) is 11.6 Å². The molecule has 1 amide bonds. The third-order valence-electron chi connectivity index (χ3n) is 1.79. The van der Waals surface area contributed by atoms with Gasteiger partial charge in [0.1, 0.15) is 12.1 Å². The van der Waals surface area contributed by atoms with Crippen LogP contribution >= 0.6 is 11.6 Å². The van der Waals surface area contributed by atoms with Crippen molar-refractivity contribution in [1.82, 2.24) is 0 Å². The molecule has 0 unspecified atom stereocenters. The van der Waals surface area contributed by atoms with E-state index in [0.717, 1.165) is 0 Å². The minimum absolute atomic E-state index is 0.259. The Morgan fingerprint density at radius 2 is 2.00 bits per heavy atom. The van der Waals surface area contributed by atoms with Crippen LogP contribution in [0.4, 0.5) is 11.4 Å². The predicted octanol–water partition coefficient (Wildman–Crippen LogP) is 2.11. The molecule has 0 fully saturated rings. The van der Waals surface area contributed by atoms with E-state index in [1.54, 1.807) is 24.3 Å². The average molecular weight is 262 g/mol. The molecule has 0 aromatic heterocycles. The Kier molecular flexibility index (Phi) is 4.67. The number of hydrazone groups is 1. The van der Waals surface area contributed by atoms with E-state index >= 15 is 0 Å². The number of nitriles is 2. The Labute approximate surface area is 108 Å². The first kappa shape index (κ1) is 13.5. The van der Waals surface area contributed by atoms with Crippen LogP contribution in [0.1, 0.15) is 6.92 Å². The van der Waals surface area contributed by atoms with Gasteiger partial charge in [-0.3, -0.25) is 10.2 Å². The quantitative estimate of drug-likeness (QED) is 0.643. The lowest BCUT2D eigenvalue weighted by Gasteiger charge is -2.09. The van der Waals surface area contributed by atoms with Gasteiger partial charge in [-0.05, 0) is 18.2 Å². The summed E-state index contributed by atoms with van der Waals surface area (Å²) in [6.07, 6.45) is 0. The van der Waals surface area contributed by atoms with Gasteiger partial charge in [-0.15, -0.1) is 0 Å². The van der Waals surface area contributed by atoms with Crippen molar-refractivity contribution >= 4 is 34.6 Å². The van der Waals surface area contributed by atoms with E-state index < -0.39 is 0 Å². The van der Waals surface area contributed by atoms with Crippen molar-refractivity contribution in [3.05, 3.63) is 23.2 Å². The van der Waals surface area contributed by atoms with Gasteiger partial charge in [0, 0.05) is 11.9 Å². The Morgan fingerprint density at radius 1 is 1.33 bits per heavy atom. The second kappa shape index (κ2) is 6.24. The van der Waals surface area contributed by atoms with Gasteiger partial charge in [-0.25, -0.2) is 0 Å². The number of hydrogen-bond donors (Lipinski definition) is 2. The lowest BCUT2D eigenvalue weighted by molar-refractivity contribution is -0.114. The molecule has 0 bridgehead atoms. The maximum absolute atomic E-state index is 11.0. The summed E-state index contributed by atoms with van der Waals surface area (Å²) in [5.41, 5.74) is 3.01. The molecule has 0 aliphatic rings. The molecule has 1 aromatic rings. The number of nitrogens with zero attached hydrogens (tertiary/aromatic N) is 3. The third kappa shape index (κ3) is 3.78.